The summed E-state index contributed by atoms with van der Waals surface area (Å²) >= 11 is 0. The number of rotatable bonds is 3. The van der Waals surface area contributed by atoms with E-state index < -0.39 is 0 Å². The van der Waals surface area contributed by atoms with Crippen molar-refractivity contribution in [3.8, 4) is 44.5 Å². The van der Waals surface area contributed by atoms with Crippen LogP contribution in [0.1, 0.15) is 25.0 Å². The quantitative estimate of drug-likeness (QED) is 0.168. The smallest absolute Gasteiger partial charge is 0.144 e. The van der Waals surface area contributed by atoms with E-state index in [1.807, 2.05) is 0 Å². The summed E-state index contributed by atoms with van der Waals surface area (Å²) in [6, 6.07) is 66.4. The molecule has 0 unspecified atom stereocenters. The van der Waals surface area contributed by atoms with Crippen LogP contribution in [0.25, 0.3) is 121 Å². The molecule has 0 bridgehead atoms. The lowest BCUT2D eigenvalue weighted by molar-refractivity contribution is 0.660. The second-order valence-electron chi connectivity index (χ2n) is 16.8. The molecule has 0 radical (unpaired) electrons. The van der Waals surface area contributed by atoms with E-state index in [2.05, 4.69) is 196 Å². The predicted octanol–water partition coefficient (Wildman–Crippen LogP) is 16.3. The highest BCUT2D eigenvalue weighted by Crippen LogP contribution is 2.53. The van der Waals surface area contributed by atoms with E-state index in [1.54, 1.807) is 0 Å². The zero-order chi connectivity index (χ0) is 39.0. The summed E-state index contributed by atoms with van der Waals surface area (Å²) < 4.78 is 13.5. The third-order valence-corrected chi connectivity index (χ3v) is 13.2. The van der Waals surface area contributed by atoms with Gasteiger partial charge < -0.3 is 8.83 Å². The minimum Gasteiger partial charge on any atom is -0.456 e. The molecule has 0 saturated carbocycles. The van der Waals surface area contributed by atoms with Crippen molar-refractivity contribution < 1.29 is 8.83 Å². The van der Waals surface area contributed by atoms with Gasteiger partial charge in [0.1, 0.15) is 22.3 Å². The first-order valence-corrected chi connectivity index (χ1v) is 20.5. The number of hydrogen-bond acceptors (Lipinski definition) is 2. The van der Waals surface area contributed by atoms with Crippen LogP contribution >= 0.6 is 0 Å². The summed E-state index contributed by atoms with van der Waals surface area (Å²) in [6.07, 6.45) is 0. The summed E-state index contributed by atoms with van der Waals surface area (Å²) in [7, 11) is 0. The van der Waals surface area contributed by atoms with E-state index in [0.717, 1.165) is 55.0 Å². The SMILES string of the molecule is CC1(C)c2ccc(-c3cc4oc5cc6ccccc6cc5c4c4c3oc3ccccc34)cc2-c2ccc(-c3c4ccccc4c(-c4ccccc4)c4ccccc34)cc21. The molecule has 0 atom stereocenters. The fourth-order valence-corrected chi connectivity index (χ4v) is 10.5. The van der Waals surface area contributed by atoms with Crippen LogP contribution in [-0.4, -0.2) is 0 Å². The summed E-state index contributed by atoms with van der Waals surface area (Å²) in [6.45, 7) is 4.75. The molecule has 2 aromatic heterocycles. The van der Waals surface area contributed by atoms with E-state index in [4.69, 9.17) is 8.83 Å². The Kier molecular flexibility index (Phi) is 6.54. The number of fused-ring (bicyclic) bond motifs is 13. The van der Waals surface area contributed by atoms with Gasteiger partial charge in [0.2, 0.25) is 0 Å². The maximum Gasteiger partial charge on any atom is 0.144 e. The molecule has 0 aliphatic heterocycles. The van der Waals surface area contributed by atoms with Crippen molar-refractivity contribution in [2.24, 2.45) is 0 Å². The lowest BCUT2D eigenvalue weighted by Gasteiger charge is -2.23. The Balaban J connectivity index is 1.02. The standard InChI is InChI=1S/C57H36O2/c1-57(2)47-27-25-36(44-32-51-54(55-43-22-12-13-23-49(43)59-56(44)55)46-28-34-16-6-7-17-35(34)31-50(46)58-51)29-45(47)38-26-24-37(30-48(38)57)53-41-20-10-8-18-39(41)52(33-14-4-3-5-15-33)40-19-9-11-21-42(40)53/h3-32H,1-2H3. The highest BCUT2D eigenvalue weighted by atomic mass is 16.3. The fourth-order valence-electron chi connectivity index (χ4n) is 10.5. The number of benzene rings is 10. The molecule has 1 aliphatic carbocycles. The topological polar surface area (TPSA) is 26.3 Å². The number of hydrogen-bond donors (Lipinski definition) is 0. The second kappa shape index (κ2) is 11.8. The maximum atomic E-state index is 6.81. The van der Waals surface area contributed by atoms with Crippen LogP contribution in [0.5, 0.6) is 0 Å². The van der Waals surface area contributed by atoms with Crippen molar-refractivity contribution >= 4 is 76.2 Å². The molecule has 2 heteroatoms. The lowest BCUT2D eigenvalue weighted by Crippen LogP contribution is -2.15. The van der Waals surface area contributed by atoms with Crippen LogP contribution in [0.2, 0.25) is 0 Å². The minimum absolute atomic E-state index is 0.200. The van der Waals surface area contributed by atoms with Crippen LogP contribution in [0.4, 0.5) is 0 Å². The van der Waals surface area contributed by atoms with E-state index in [-0.39, 0.29) is 5.41 Å². The highest BCUT2D eigenvalue weighted by molar-refractivity contribution is 6.29. The number of para-hydroxylation sites is 1. The Labute approximate surface area is 340 Å². The summed E-state index contributed by atoms with van der Waals surface area (Å²) in [5, 5.41) is 11.9. The van der Waals surface area contributed by atoms with Gasteiger partial charge in [-0.1, -0.05) is 159 Å². The molecular weight excluding hydrogens is 717 g/mol. The van der Waals surface area contributed by atoms with Gasteiger partial charge in [-0.25, -0.2) is 0 Å². The van der Waals surface area contributed by atoms with Gasteiger partial charge in [-0.2, -0.15) is 0 Å². The van der Waals surface area contributed by atoms with Gasteiger partial charge in [-0.15, -0.1) is 0 Å². The summed E-state index contributed by atoms with van der Waals surface area (Å²) in [5.74, 6) is 0. The van der Waals surface area contributed by atoms with E-state index in [1.165, 1.54) is 76.8 Å². The minimum atomic E-state index is -0.200. The second-order valence-corrected chi connectivity index (χ2v) is 16.8. The van der Waals surface area contributed by atoms with Gasteiger partial charge in [0.05, 0.1) is 0 Å². The van der Waals surface area contributed by atoms with Crippen molar-refractivity contribution in [2.45, 2.75) is 19.3 Å². The summed E-state index contributed by atoms with van der Waals surface area (Å²) in [4.78, 5) is 0. The molecule has 276 valence electrons. The predicted molar refractivity (Wildman–Crippen MR) is 247 cm³/mol. The third-order valence-electron chi connectivity index (χ3n) is 13.2. The molecule has 1 aliphatic rings. The molecule has 0 saturated heterocycles. The van der Waals surface area contributed by atoms with E-state index >= 15 is 0 Å². The molecule has 59 heavy (non-hydrogen) atoms. The van der Waals surface area contributed by atoms with Gasteiger partial charge in [-0.3, -0.25) is 0 Å². The van der Waals surface area contributed by atoms with Gasteiger partial charge in [0, 0.05) is 32.5 Å². The van der Waals surface area contributed by atoms with Gasteiger partial charge in [-0.05, 0) is 119 Å². The molecule has 0 spiro atoms. The highest BCUT2D eigenvalue weighted by Gasteiger charge is 2.36. The zero-order valence-corrected chi connectivity index (χ0v) is 32.6. The Morgan fingerprint density at radius 3 is 1.68 bits per heavy atom. The Morgan fingerprint density at radius 1 is 0.339 bits per heavy atom. The normalized spacial score (nSPS) is 13.4. The molecule has 13 rings (SSSR count). The molecule has 0 N–H and O–H groups in total. The molecule has 0 amide bonds. The van der Waals surface area contributed by atoms with Crippen molar-refractivity contribution in [3.63, 3.8) is 0 Å². The first-order valence-electron chi connectivity index (χ1n) is 20.5. The monoisotopic (exact) mass is 752 g/mol. The fraction of sp³-hybridized carbons (Fsp3) is 0.0526. The Hall–Kier alpha value is -7.42. The molecule has 2 nitrogen and oxygen atoms in total. The zero-order valence-electron chi connectivity index (χ0n) is 32.6. The van der Waals surface area contributed by atoms with Crippen LogP contribution in [-0.2, 0) is 5.41 Å². The number of furan rings is 2. The molecular formula is C57H36O2. The van der Waals surface area contributed by atoms with Crippen LogP contribution < -0.4 is 0 Å². The van der Waals surface area contributed by atoms with Crippen molar-refractivity contribution in [1.29, 1.82) is 0 Å². The third kappa shape index (κ3) is 4.52. The Bertz CT molecular complexity index is 3690. The first-order chi connectivity index (χ1) is 29.0. The van der Waals surface area contributed by atoms with E-state index in [9.17, 15) is 0 Å². The first kappa shape index (κ1) is 32.6. The Morgan fingerprint density at radius 2 is 0.949 bits per heavy atom. The van der Waals surface area contributed by atoms with Gasteiger partial charge in [0.25, 0.3) is 0 Å². The van der Waals surface area contributed by atoms with Crippen LogP contribution in [0, 0.1) is 0 Å². The largest absolute Gasteiger partial charge is 0.456 e. The van der Waals surface area contributed by atoms with Gasteiger partial charge in [0.15, 0.2) is 0 Å². The van der Waals surface area contributed by atoms with Crippen LogP contribution in [0.3, 0.4) is 0 Å². The molecule has 2 heterocycles. The molecule has 0 fully saturated rings. The lowest BCUT2D eigenvalue weighted by atomic mass is 9.80. The van der Waals surface area contributed by atoms with Crippen molar-refractivity contribution in [2.75, 3.05) is 0 Å². The van der Waals surface area contributed by atoms with Crippen molar-refractivity contribution in [1.82, 2.24) is 0 Å². The summed E-state index contributed by atoms with van der Waals surface area (Å²) in [5.41, 5.74) is 15.7. The average Bonchev–Trinajstić information content (AvgIpc) is 3.91. The average molecular weight is 753 g/mol. The van der Waals surface area contributed by atoms with Crippen LogP contribution in [0.15, 0.2) is 191 Å². The molecule has 10 aromatic carbocycles. The van der Waals surface area contributed by atoms with Gasteiger partial charge >= 0.3 is 0 Å². The van der Waals surface area contributed by atoms with E-state index in [0.29, 0.717) is 0 Å². The molecule has 12 aromatic rings. The maximum absolute atomic E-state index is 6.81. The van der Waals surface area contributed by atoms with Crippen molar-refractivity contribution in [3.05, 3.63) is 193 Å².